The van der Waals surface area contributed by atoms with Gasteiger partial charge in [0.2, 0.25) is 0 Å². The van der Waals surface area contributed by atoms with E-state index in [2.05, 4.69) is 370 Å². The number of benzene rings is 17. The Morgan fingerprint density at radius 3 is 1.02 bits per heavy atom. The smallest absolute Gasteiger partial charge is 0.0625 e. The summed E-state index contributed by atoms with van der Waals surface area (Å²) in [5.74, 6) is 0. The van der Waals surface area contributed by atoms with E-state index in [9.17, 15) is 0 Å². The third kappa shape index (κ3) is 8.19. The number of para-hydroxylation sites is 2. The van der Waals surface area contributed by atoms with Crippen LogP contribution < -0.4 is 0 Å². The minimum Gasteiger partial charge on any atom is -0.309 e. The highest BCUT2D eigenvalue weighted by Gasteiger charge is 2.23. The maximum atomic E-state index is 2.48. The Bertz CT molecular complexity index is 6870. The minimum atomic E-state index is 1.12. The Labute approximate surface area is 564 Å². The van der Waals surface area contributed by atoms with Crippen molar-refractivity contribution < 1.29 is 0 Å². The maximum absolute atomic E-state index is 2.48. The molecule has 0 aliphatic heterocycles. The molecule has 4 aromatic heterocycles. The van der Waals surface area contributed by atoms with E-state index in [1.807, 2.05) is 0 Å². The summed E-state index contributed by atoms with van der Waals surface area (Å²) in [6.07, 6.45) is 0. The first kappa shape index (κ1) is 54.4. The van der Waals surface area contributed by atoms with Crippen LogP contribution in [-0.4, -0.2) is 18.3 Å². The Hall–Kier alpha value is -13.0. The summed E-state index contributed by atoms with van der Waals surface area (Å²) in [6.45, 7) is 0. The molecule has 0 atom stereocenters. The average molecular weight is 1240 g/mol. The monoisotopic (exact) mass is 1240 g/mol. The van der Waals surface area contributed by atoms with Crippen molar-refractivity contribution in [1.29, 1.82) is 0 Å². The first-order valence-electron chi connectivity index (χ1n) is 33.9. The number of rotatable bonds is 8. The molecule has 454 valence electrons. The molecule has 21 rings (SSSR count). The molecule has 4 heteroatoms. The standard InChI is InChI=1S/C94H58N4/c1-4-18-59(19-5-1)65-37-46-85-79(53-65)80-54-66(68-40-49-88-83(56-68)92-74-27-13-12-20-62(74)36-51-90(92)96(88)70-23-6-2-7-24-70)38-47-86(80)95(85)72-42-32-60(33-43-72)61-34-44-73(45-35-61)97-87-48-39-67(55-81(87)82-52-63-21-10-11-22-64(63)58-91(82)97)69-41-50-89-84(57-69)93-77-30-16-14-28-75(77)76-29-15-17-31-78(76)94(93)98(89)71-25-8-3-9-26-71/h1-58H. The van der Waals surface area contributed by atoms with Crippen molar-refractivity contribution in [3.8, 4) is 67.3 Å². The van der Waals surface area contributed by atoms with Crippen molar-refractivity contribution in [3.05, 3.63) is 352 Å². The van der Waals surface area contributed by atoms with Crippen LogP contribution in [0.1, 0.15) is 0 Å². The number of fused-ring (bicyclic) bond motifs is 20. The van der Waals surface area contributed by atoms with Gasteiger partial charge in [-0.15, -0.1) is 0 Å². The van der Waals surface area contributed by atoms with Gasteiger partial charge in [0.15, 0.2) is 0 Å². The molecule has 4 nitrogen and oxygen atoms in total. The van der Waals surface area contributed by atoms with Crippen LogP contribution in [0.3, 0.4) is 0 Å². The third-order valence-corrected chi connectivity index (χ3v) is 21.1. The van der Waals surface area contributed by atoms with Gasteiger partial charge in [0.1, 0.15) is 0 Å². The predicted octanol–water partition coefficient (Wildman–Crippen LogP) is 25.4. The molecule has 0 radical (unpaired) electrons. The van der Waals surface area contributed by atoms with Gasteiger partial charge in [0, 0.05) is 71.2 Å². The largest absolute Gasteiger partial charge is 0.309 e. The van der Waals surface area contributed by atoms with Crippen LogP contribution >= 0.6 is 0 Å². The van der Waals surface area contributed by atoms with E-state index in [4.69, 9.17) is 0 Å². The van der Waals surface area contributed by atoms with Crippen LogP contribution in [0.15, 0.2) is 352 Å². The van der Waals surface area contributed by atoms with Gasteiger partial charge < -0.3 is 18.3 Å². The average Bonchev–Trinajstić information content (AvgIpc) is 1.56. The molecule has 21 aromatic rings. The fourth-order valence-electron chi connectivity index (χ4n) is 16.6. The Morgan fingerprint density at radius 2 is 0.469 bits per heavy atom. The highest BCUT2D eigenvalue weighted by molar-refractivity contribution is 6.32. The first-order valence-corrected chi connectivity index (χ1v) is 33.9. The molecule has 0 N–H and O–H groups in total. The third-order valence-electron chi connectivity index (χ3n) is 21.1. The van der Waals surface area contributed by atoms with E-state index < -0.39 is 0 Å². The summed E-state index contributed by atoms with van der Waals surface area (Å²) in [6, 6.07) is 131. The van der Waals surface area contributed by atoms with Gasteiger partial charge >= 0.3 is 0 Å². The molecular weight excluding hydrogens is 1190 g/mol. The summed E-state index contributed by atoms with van der Waals surface area (Å²) in [7, 11) is 0. The lowest BCUT2D eigenvalue weighted by atomic mass is 9.95. The van der Waals surface area contributed by atoms with E-state index >= 15 is 0 Å². The fraction of sp³-hybridized carbons (Fsp3) is 0. The van der Waals surface area contributed by atoms with Crippen LogP contribution in [0, 0.1) is 0 Å². The summed E-state index contributed by atoms with van der Waals surface area (Å²) in [5.41, 5.74) is 23.5. The van der Waals surface area contributed by atoms with Gasteiger partial charge in [-0.1, -0.05) is 224 Å². The van der Waals surface area contributed by atoms with Crippen molar-refractivity contribution in [2.24, 2.45) is 0 Å². The van der Waals surface area contributed by atoms with Crippen LogP contribution in [0.5, 0.6) is 0 Å². The van der Waals surface area contributed by atoms with Crippen molar-refractivity contribution in [1.82, 2.24) is 18.3 Å². The Kier molecular flexibility index (Phi) is 11.8. The molecule has 0 aliphatic rings. The zero-order valence-electron chi connectivity index (χ0n) is 53.3. The zero-order valence-corrected chi connectivity index (χ0v) is 53.3. The van der Waals surface area contributed by atoms with Crippen molar-refractivity contribution in [2.45, 2.75) is 0 Å². The van der Waals surface area contributed by atoms with Gasteiger partial charge in [0.05, 0.1) is 44.1 Å². The summed E-state index contributed by atoms with van der Waals surface area (Å²) < 4.78 is 9.80. The van der Waals surface area contributed by atoms with Gasteiger partial charge in [-0.3, -0.25) is 0 Å². The maximum Gasteiger partial charge on any atom is 0.0625 e. The second kappa shape index (κ2) is 21.2. The van der Waals surface area contributed by atoms with E-state index in [-0.39, 0.29) is 0 Å². The van der Waals surface area contributed by atoms with Gasteiger partial charge in [-0.2, -0.15) is 0 Å². The second-order valence-corrected chi connectivity index (χ2v) is 26.3. The molecule has 0 amide bonds. The minimum absolute atomic E-state index is 1.12. The van der Waals surface area contributed by atoms with E-state index in [1.165, 1.54) is 164 Å². The highest BCUT2D eigenvalue weighted by Crippen LogP contribution is 2.47. The molecule has 0 spiro atoms. The molecule has 0 saturated heterocycles. The summed E-state index contributed by atoms with van der Waals surface area (Å²) in [5, 5.41) is 20.0. The second-order valence-electron chi connectivity index (χ2n) is 26.3. The topological polar surface area (TPSA) is 19.7 Å². The number of nitrogens with zero attached hydrogens (tertiary/aromatic N) is 4. The molecular formula is C94H58N4. The van der Waals surface area contributed by atoms with Crippen molar-refractivity contribution in [3.63, 3.8) is 0 Å². The Morgan fingerprint density at radius 1 is 0.143 bits per heavy atom. The van der Waals surface area contributed by atoms with Gasteiger partial charge in [-0.05, 0) is 210 Å². The number of hydrogen-bond donors (Lipinski definition) is 0. The van der Waals surface area contributed by atoms with E-state index in [1.54, 1.807) is 0 Å². The highest BCUT2D eigenvalue weighted by atomic mass is 15.0. The Balaban J connectivity index is 0.660. The summed E-state index contributed by atoms with van der Waals surface area (Å²) in [4.78, 5) is 0. The van der Waals surface area contributed by atoms with Crippen molar-refractivity contribution >= 4 is 130 Å². The lowest BCUT2D eigenvalue weighted by Crippen LogP contribution is -1.95. The number of aromatic nitrogens is 4. The molecule has 0 unspecified atom stereocenters. The molecule has 0 fully saturated rings. The first-order chi connectivity index (χ1) is 48.6. The molecule has 0 aliphatic carbocycles. The lowest BCUT2D eigenvalue weighted by molar-refractivity contribution is 1.18. The fourth-order valence-corrected chi connectivity index (χ4v) is 16.6. The normalized spacial score (nSPS) is 12.1. The van der Waals surface area contributed by atoms with E-state index in [0.29, 0.717) is 0 Å². The number of hydrogen-bond acceptors (Lipinski definition) is 0. The zero-order chi connectivity index (χ0) is 64.1. The SMILES string of the molecule is c1ccc(-c2ccc3c(c2)c2cc(-c4ccc5c(c4)c4c6ccccc6ccc4n5-c4ccccc4)ccc2n3-c2ccc(-c3ccc(-n4c5ccc(-c6ccc7c(c6)c6c8ccccc8c8ccccc8c6n7-c6ccccc6)cc5c5cc6ccccc6cc54)cc3)cc2)cc1. The molecule has 98 heavy (non-hydrogen) atoms. The van der Waals surface area contributed by atoms with Crippen LogP contribution in [0.25, 0.3) is 198 Å². The van der Waals surface area contributed by atoms with E-state index in [0.717, 1.165) is 33.9 Å². The lowest BCUT2D eigenvalue weighted by Gasteiger charge is -2.12. The molecule has 0 bridgehead atoms. The quantitative estimate of drug-likeness (QED) is 0.135. The van der Waals surface area contributed by atoms with Crippen LogP contribution in [-0.2, 0) is 0 Å². The van der Waals surface area contributed by atoms with Gasteiger partial charge in [0.25, 0.3) is 0 Å². The molecule has 4 heterocycles. The molecule has 17 aromatic carbocycles. The van der Waals surface area contributed by atoms with Crippen LogP contribution in [0.2, 0.25) is 0 Å². The van der Waals surface area contributed by atoms with Crippen LogP contribution in [0.4, 0.5) is 0 Å². The van der Waals surface area contributed by atoms with Gasteiger partial charge in [-0.25, -0.2) is 0 Å². The summed E-state index contributed by atoms with van der Waals surface area (Å²) >= 11 is 0. The molecule has 0 saturated carbocycles. The predicted molar refractivity (Wildman–Crippen MR) is 416 cm³/mol. The van der Waals surface area contributed by atoms with Crippen molar-refractivity contribution in [2.75, 3.05) is 0 Å².